The van der Waals surface area contributed by atoms with Crippen LogP contribution in [0.3, 0.4) is 0 Å². The van der Waals surface area contributed by atoms with Gasteiger partial charge in [0, 0.05) is 17.9 Å². The van der Waals surface area contributed by atoms with Crippen molar-refractivity contribution in [1.29, 1.82) is 5.26 Å². The first kappa shape index (κ1) is 15.4. The Morgan fingerprint density at radius 2 is 1.81 bits per heavy atom. The summed E-state index contributed by atoms with van der Waals surface area (Å²) in [6.45, 7) is 8.44. The van der Waals surface area contributed by atoms with E-state index in [9.17, 15) is 0 Å². The van der Waals surface area contributed by atoms with E-state index in [0.29, 0.717) is 12.3 Å². The zero-order chi connectivity index (χ0) is 15.4. The molecule has 1 aromatic heterocycles. The smallest absolute Gasteiger partial charge is 0.115 e. The molecule has 0 spiro atoms. The monoisotopic (exact) mass is 281 g/mol. The summed E-state index contributed by atoms with van der Waals surface area (Å²) in [7, 11) is 0. The summed E-state index contributed by atoms with van der Waals surface area (Å²) >= 11 is 0. The number of hydrogen-bond donors (Lipinski definition) is 0. The van der Waals surface area contributed by atoms with Crippen LogP contribution in [0.5, 0.6) is 0 Å². The lowest BCUT2D eigenvalue weighted by Crippen LogP contribution is -1.95. The zero-order valence-corrected chi connectivity index (χ0v) is 13.4. The molecule has 2 aromatic rings. The lowest BCUT2D eigenvalue weighted by atomic mass is 9.92. The summed E-state index contributed by atoms with van der Waals surface area (Å²) in [5.41, 5.74) is 4.94. The average Bonchev–Trinajstić information content (AvgIpc) is 2.76. The van der Waals surface area contributed by atoms with E-state index >= 15 is 0 Å². The molecule has 2 rings (SSSR count). The molecule has 0 aliphatic carbocycles. The highest BCUT2D eigenvalue weighted by Gasteiger charge is 2.20. The van der Waals surface area contributed by atoms with Crippen LogP contribution in [0.15, 0.2) is 28.7 Å². The van der Waals surface area contributed by atoms with Crippen molar-refractivity contribution in [3.63, 3.8) is 0 Å². The largest absolute Gasteiger partial charge is 0.465 e. The SMILES string of the molecule is Cc1ccc(-c2c(C(C)CCCC#N)oc(C)c2C)cc1. The molecule has 21 heavy (non-hydrogen) atoms. The third-order valence-electron chi connectivity index (χ3n) is 4.13. The van der Waals surface area contributed by atoms with Crippen LogP contribution in [-0.4, -0.2) is 0 Å². The Morgan fingerprint density at radius 1 is 1.14 bits per heavy atom. The topological polar surface area (TPSA) is 36.9 Å². The highest BCUT2D eigenvalue weighted by Crippen LogP contribution is 2.38. The summed E-state index contributed by atoms with van der Waals surface area (Å²) in [6, 6.07) is 10.8. The Bertz CT molecular complexity index is 643. The number of unbranched alkanes of at least 4 members (excludes halogenated alkanes) is 1. The van der Waals surface area contributed by atoms with Gasteiger partial charge in [-0.2, -0.15) is 5.26 Å². The standard InChI is InChI=1S/C19H23NO/c1-13-8-10-17(11-9-13)18-15(3)16(4)21-19(18)14(2)7-5-6-12-20/h8-11,14H,5-7H2,1-4H3. The maximum Gasteiger partial charge on any atom is 0.115 e. The lowest BCUT2D eigenvalue weighted by Gasteiger charge is -2.11. The molecule has 0 saturated heterocycles. The van der Waals surface area contributed by atoms with Crippen LogP contribution < -0.4 is 0 Å². The van der Waals surface area contributed by atoms with E-state index in [-0.39, 0.29) is 0 Å². The van der Waals surface area contributed by atoms with Gasteiger partial charge in [0.05, 0.1) is 6.07 Å². The molecular formula is C19H23NO. The number of furan rings is 1. The predicted octanol–water partition coefficient (Wildman–Crippen LogP) is 5.67. The molecule has 0 radical (unpaired) electrons. The van der Waals surface area contributed by atoms with Gasteiger partial charge < -0.3 is 4.42 Å². The highest BCUT2D eigenvalue weighted by molar-refractivity contribution is 5.71. The van der Waals surface area contributed by atoms with Crippen molar-refractivity contribution < 1.29 is 4.42 Å². The van der Waals surface area contributed by atoms with Crippen LogP contribution in [0.4, 0.5) is 0 Å². The second-order valence-electron chi connectivity index (χ2n) is 5.84. The molecular weight excluding hydrogens is 258 g/mol. The van der Waals surface area contributed by atoms with Crippen molar-refractivity contribution in [2.75, 3.05) is 0 Å². The zero-order valence-electron chi connectivity index (χ0n) is 13.4. The predicted molar refractivity (Wildman–Crippen MR) is 86.2 cm³/mol. The van der Waals surface area contributed by atoms with Crippen LogP contribution in [0.25, 0.3) is 11.1 Å². The minimum absolute atomic E-state index is 0.335. The molecule has 2 heteroatoms. The quantitative estimate of drug-likeness (QED) is 0.662. The number of nitriles is 1. The van der Waals surface area contributed by atoms with Crippen LogP contribution in [-0.2, 0) is 0 Å². The van der Waals surface area contributed by atoms with E-state index in [4.69, 9.17) is 9.68 Å². The minimum Gasteiger partial charge on any atom is -0.465 e. The van der Waals surface area contributed by atoms with Gasteiger partial charge in [-0.1, -0.05) is 36.8 Å². The van der Waals surface area contributed by atoms with Gasteiger partial charge in [-0.25, -0.2) is 0 Å². The Labute approximate surface area is 127 Å². The average molecular weight is 281 g/mol. The number of nitrogens with zero attached hydrogens (tertiary/aromatic N) is 1. The molecule has 110 valence electrons. The van der Waals surface area contributed by atoms with Gasteiger partial charge in [0.1, 0.15) is 11.5 Å². The van der Waals surface area contributed by atoms with Crippen molar-refractivity contribution in [2.45, 2.75) is 52.9 Å². The van der Waals surface area contributed by atoms with E-state index < -0.39 is 0 Å². The number of hydrogen-bond acceptors (Lipinski definition) is 2. The second-order valence-corrected chi connectivity index (χ2v) is 5.84. The fraction of sp³-hybridized carbons (Fsp3) is 0.421. The van der Waals surface area contributed by atoms with Crippen LogP contribution in [0.2, 0.25) is 0 Å². The molecule has 1 aromatic carbocycles. The number of aryl methyl sites for hydroxylation is 2. The van der Waals surface area contributed by atoms with Crippen LogP contribution in [0.1, 0.15) is 54.8 Å². The van der Waals surface area contributed by atoms with Crippen molar-refractivity contribution in [3.8, 4) is 17.2 Å². The maximum absolute atomic E-state index is 8.68. The molecule has 0 fully saturated rings. The highest BCUT2D eigenvalue weighted by atomic mass is 16.3. The van der Waals surface area contributed by atoms with Gasteiger partial charge in [-0.15, -0.1) is 0 Å². The van der Waals surface area contributed by atoms with E-state index in [1.165, 1.54) is 22.3 Å². The Kier molecular flexibility index (Phi) is 4.85. The van der Waals surface area contributed by atoms with Gasteiger partial charge in [0.25, 0.3) is 0 Å². The fourth-order valence-corrected chi connectivity index (χ4v) is 2.70. The van der Waals surface area contributed by atoms with E-state index in [1.807, 2.05) is 6.92 Å². The van der Waals surface area contributed by atoms with E-state index in [2.05, 4.69) is 51.1 Å². The van der Waals surface area contributed by atoms with E-state index in [1.54, 1.807) is 0 Å². The Morgan fingerprint density at radius 3 is 2.43 bits per heavy atom. The molecule has 0 aliphatic rings. The summed E-state index contributed by atoms with van der Waals surface area (Å²) in [6.07, 6.45) is 2.52. The summed E-state index contributed by atoms with van der Waals surface area (Å²) < 4.78 is 6.04. The van der Waals surface area contributed by atoms with Crippen LogP contribution >= 0.6 is 0 Å². The van der Waals surface area contributed by atoms with Gasteiger partial charge in [-0.05, 0) is 44.7 Å². The molecule has 1 atom stereocenters. The minimum atomic E-state index is 0.335. The summed E-state index contributed by atoms with van der Waals surface area (Å²) in [5, 5.41) is 8.68. The number of benzene rings is 1. The molecule has 0 saturated carbocycles. The van der Waals surface area contributed by atoms with Gasteiger partial charge in [0.15, 0.2) is 0 Å². The Hall–Kier alpha value is -2.01. The number of rotatable bonds is 5. The van der Waals surface area contributed by atoms with Crippen LogP contribution in [0, 0.1) is 32.1 Å². The van der Waals surface area contributed by atoms with Crippen molar-refractivity contribution in [3.05, 3.63) is 46.9 Å². The molecule has 0 aliphatic heterocycles. The third-order valence-corrected chi connectivity index (χ3v) is 4.13. The first-order valence-corrected chi connectivity index (χ1v) is 7.58. The first-order chi connectivity index (χ1) is 10.0. The van der Waals surface area contributed by atoms with Crippen molar-refractivity contribution in [2.24, 2.45) is 0 Å². The molecule has 0 N–H and O–H groups in total. The molecule has 1 unspecified atom stereocenters. The second kappa shape index (κ2) is 6.63. The van der Waals surface area contributed by atoms with Gasteiger partial charge >= 0.3 is 0 Å². The normalized spacial score (nSPS) is 12.1. The summed E-state index contributed by atoms with van der Waals surface area (Å²) in [4.78, 5) is 0. The van der Waals surface area contributed by atoms with Crippen molar-refractivity contribution >= 4 is 0 Å². The molecule has 2 nitrogen and oxygen atoms in total. The third kappa shape index (κ3) is 3.36. The summed E-state index contributed by atoms with van der Waals surface area (Å²) in [5.74, 6) is 2.39. The van der Waals surface area contributed by atoms with E-state index in [0.717, 1.165) is 24.4 Å². The lowest BCUT2D eigenvalue weighted by molar-refractivity contribution is 0.439. The van der Waals surface area contributed by atoms with Gasteiger partial charge in [0.2, 0.25) is 0 Å². The van der Waals surface area contributed by atoms with Crippen molar-refractivity contribution in [1.82, 2.24) is 0 Å². The fourth-order valence-electron chi connectivity index (χ4n) is 2.70. The molecule has 1 heterocycles. The molecule has 0 bridgehead atoms. The maximum atomic E-state index is 8.68. The van der Waals surface area contributed by atoms with Gasteiger partial charge in [-0.3, -0.25) is 0 Å². The Balaban J connectivity index is 2.36. The first-order valence-electron chi connectivity index (χ1n) is 7.58. The molecule has 0 amide bonds.